The highest BCUT2D eigenvalue weighted by atomic mass is 19.4. The maximum Gasteiger partial charge on any atom is 0.416 e. The molecule has 1 aliphatic rings. The average Bonchev–Trinajstić information content (AvgIpc) is 3.46. The number of carbonyl (C=O) groups is 2. The zero-order chi connectivity index (χ0) is 25.3. The number of ether oxygens (including phenoxy) is 1. The lowest BCUT2D eigenvalue weighted by Crippen LogP contribution is -2.13. The molecule has 36 heavy (non-hydrogen) atoms. The molecule has 0 atom stereocenters. The number of carbonyl (C=O) groups excluding carboxylic acids is 2. The fourth-order valence-electron chi connectivity index (χ4n) is 3.64. The molecule has 180 valence electrons. The lowest BCUT2D eigenvalue weighted by Gasteiger charge is -2.11. The lowest BCUT2D eigenvalue weighted by atomic mass is 10.1. The van der Waals surface area contributed by atoms with Crippen LogP contribution in [0.15, 0.2) is 79.0 Å². The molecule has 0 bridgehead atoms. The molecular formula is C26H17F3N4O3. The number of aromatic amines is 1. The lowest BCUT2D eigenvalue weighted by molar-refractivity contribution is -0.137. The molecule has 0 radical (unpaired) electrons. The first-order valence-corrected chi connectivity index (χ1v) is 10.7. The van der Waals surface area contributed by atoms with Gasteiger partial charge in [-0.3, -0.25) is 9.59 Å². The number of fused-ring (bicyclic) bond motifs is 1. The molecule has 3 N–H and O–H groups in total. The highest BCUT2D eigenvalue weighted by Crippen LogP contribution is 2.34. The number of rotatable bonds is 5. The third-order valence-electron chi connectivity index (χ3n) is 5.32. The van der Waals surface area contributed by atoms with Crippen LogP contribution in [0.25, 0.3) is 11.6 Å². The molecule has 0 fully saturated rings. The third-order valence-corrected chi connectivity index (χ3v) is 5.32. The first kappa shape index (κ1) is 22.9. The molecule has 4 aromatic rings. The van der Waals surface area contributed by atoms with E-state index in [1.807, 2.05) is 12.1 Å². The van der Waals surface area contributed by atoms with Gasteiger partial charge in [-0.25, -0.2) is 0 Å². The summed E-state index contributed by atoms with van der Waals surface area (Å²) in [5, 5.41) is 5.16. The maximum atomic E-state index is 12.9. The number of nitrogens with one attached hydrogen (secondary N) is 3. The summed E-state index contributed by atoms with van der Waals surface area (Å²) < 4.78 is 44.6. The molecular weight excluding hydrogens is 473 g/mol. The smallest absolute Gasteiger partial charge is 0.416 e. The van der Waals surface area contributed by atoms with Crippen LogP contribution in [-0.2, 0) is 11.0 Å². The van der Waals surface area contributed by atoms with Crippen molar-refractivity contribution in [2.45, 2.75) is 6.18 Å². The van der Waals surface area contributed by atoms with Crippen LogP contribution in [0.4, 0.5) is 24.7 Å². The Hall–Kier alpha value is -4.86. The van der Waals surface area contributed by atoms with Crippen LogP contribution < -0.4 is 15.4 Å². The Morgan fingerprint density at radius 2 is 1.83 bits per heavy atom. The second-order valence-electron chi connectivity index (χ2n) is 7.85. The van der Waals surface area contributed by atoms with E-state index in [2.05, 4.69) is 20.6 Å². The van der Waals surface area contributed by atoms with Gasteiger partial charge < -0.3 is 20.4 Å². The van der Waals surface area contributed by atoms with Gasteiger partial charge in [0.2, 0.25) is 5.88 Å². The zero-order valence-electron chi connectivity index (χ0n) is 18.4. The summed E-state index contributed by atoms with van der Waals surface area (Å²) in [4.78, 5) is 32.4. The molecule has 0 aliphatic carbocycles. The minimum absolute atomic E-state index is 0.0142. The summed E-state index contributed by atoms with van der Waals surface area (Å²) in [5.41, 5.74) is 1.18. The molecule has 0 spiro atoms. The molecule has 10 heteroatoms. The molecule has 1 aliphatic heterocycles. The van der Waals surface area contributed by atoms with E-state index < -0.39 is 17.6 Å². The van der Waals surface area contributed by atoms with E-state index in [0.717, 1.165) is 17.8 Å². The predicted octanol–water partition coefficient (Wildman–Crippen LogP) is 5.97. The maximum absolute atomic E-state index is 12.9. The van der Waals surface area contributed by atoms with Gasteiger partial charge in [0.1, 0.15) is 11.6 Å². The summed E-state index contributed by atoms with van der Waals surface area (Å²) in [6.45, 7) is 0. The standard InChI is InChI=1S/C26H17F3N4O3/c27-26(28,29)16-5-2-6-18(13-16)31-24(34)15-4-1-8-19(12-15)36-22-10-9-20-21(14-17-7-3-11-30-17)25(35)33-23(20)32-22/h1-14,30H,(H,31,34)(H,32,33,35). The van der Waals surface area contributed by atoms with E-state index in [4.69, 9.17) is 4.74 Å². The van der Waals surface area contributed by atoms with Gasteiger partial charge in [-0.15, -0.1) is 0 Å². The predicted molar refractivity (Wildman–Crippen MR) is 127 cm³/mol. The van der Waals surface area contributed by atoms with Crippen molar-refractivity contribution in [3.05, 3.63) is 101 Å². The van der Waals surface area contributed by atoms with E-state index in [1.54, 1.807) is 36.5 Å². The van der Waals surface area contributed by atoms with E-state index >= 15 is 0 Å². The fraction of sp³-hybridized carbons (Fsp3) is 0.0385. The second kappa shape index (κ2) is 9.06. The minimum atomic E-state index is -4.52. The van der Waals surface area contributed by atoms with Crippen LogP contribution in [0.5, 0.6) is 11.6 Å². The number of aromatic nitrogens is 2. The van der Waals surface area contributed by atoms with Crippen molar-refractivity contribution in [3.63, 3.8) is 0 Å². The first-order valence-electron chi connectivity index (χ1n) is 10.7. The van der Waals surface area contributed by atoms with E-state index in [1.165, 1.54) is 24.3 Å². The summed E-state index contributed by atoms with van der Waals surface area (Å²) in [6, 6.07) is 17.4. The topological polar surface area (TPSA) is 96.1 Å². The minimum Gasteiger partial charge on any atom is -0.439 e. The Morgan fingerprint density at radius 3 is 2.61 bits per heavy atom. The molecule has 2 aromatic carbocycles. The number of hydrogen-bond donors (Lipinski definition) is 3. The molecule has 0 saturated carbocycles. The molecule has 2 amide bonds. The highest BCUT2D eigenvalue weighted by Gasteiger charge is 2.30. The summed E-state index contributed by atoms with van der Waals surface area (Å²) in [6.07, 6.45) is -1.05. The zero-order valence-corrected chi connectivity index (χ0v) is 18.4. The third kappa shape index (κ3) is 4.83. The van der Waals surface area contributed by atoms with Crippen LogP contribution in [-0.4, -0.2) is 21.8 Å². The summed E-state index contributed by atoms with van der Waals surface area (Å²) in [5.74, 6) is -0.0875. The van der Waals surface area contributed by atoms with Crippen LogP contribution in [0.1, 0.15) is 27.2 Å². The van der Waals surface area contributed by atoms with Gasteiger partial charge in [-0.1, -0.05) is 12.1 Å². The SMILES string of the molecule is O=C1Nc2nc(Oc3cccc(C(=O)Nc4cccc(C(F)(F)F)c4)c3)ccc2C1=Cc1ccc[nH]1. The van der Waals surface area contributed by atoms with Crippen LogP contribution in [0.3, 0.4) is 0 Å². The number of anilines is 2. The fourth-order valence-corrected chi connectivity index (χ4v) is 3.64. The van der Waals surface area contributed by atoms with Crippen LogP contribution in [0.2, 0.25) is 0 Å². The van der Waals surface area contributed by atoms with Crippen LogP contribution >= 0.6 is 0 Å². The number of amides is 2. The summed E-state index contributed by atoms with van der Waals surface area (Å²) in [7, 11) is 0. The van der Waals surface area contributed by atoms with Crippen molar-refractivity contribution >= 4 is 35.0 Å². The van der Waals surface area contributed by atoms with Gasteiger partial charge in [0.05, 0.1) is 11.1 Å². The Labute approximate surface area is 202 Å². The van der Waals surface area contributed by atoms with Gasteiger partial charge >= 0.3 is 6.18 Å². The van der Waals surface area contributed by atoms with Crippen LogP contribution in [0, 0.1) is 0 Å². The summed E-state index contributed by atoms with van der Waals surface area (Å²) >= 11 is 0. The molecule has 2 aromatic heterocycles. The molecule has 5 rings (SSSR count). The molecule has 0 unspecified atom stereocenters. The largest absolute Gasteiger partial charge is 0.439 e. The second-order valence-corrected chi connectivity index (χ2v) is 7.85. The Kier molecular flexibility index (Phi) is 5.77. The number of hydrogen-bond acceptors (Lipinski definition) is 4. The van der Waals surface area contributed by atoms with Gasteiger partial charge in [0.25, 0.3) is 11.8 Å². The molecule has 7 nitrogen and oxygen atoms in total. The molecule has 3 heterocycles. The van der Waals surface area contributed by atoms with Crippen molar-refractivity contribution in [1.82, 2.24) is 9.97 Å². The van der Waals surface area contributed by atoms with Gasteiger partial charge in [0, 0.05) is 34.8 Å². The van der Waals surface area contributed by atoms with Crippen molar-refractivity contribution in [2.75, 3.05) is 10.6 Å². The average molecular weight is 490 g/mol. The Bertz CT molecular complexity index is 1490. The van der Waals surface area contributed by atoms with Crippen molar-refractivity contribution in [3.8, 4) is 11.6 Å². The highest BCUT2D eigenvalue weighted by molar-refractivity contribution is 6.34. The molecule has 0 saturated heterocycles. The van der Waals surface area contributed by atoms with E-state index in [9.17, 15) is 22.8 Å². The van der Waals surface area contributed by atoms with E-state index in [-0.39, 0.29) is 28.8 Å². The Balaban J connectivity index is 1.32. The number of alkyl halides is 3. The van der Waals surface area contributed by atoms with Crippen molar-refractivity contribution < 1.29 is 27.5 Å². The number of benzene rings is 2. The number of pyridine rings is 1. The Morgan fingerprint density at radius 1 is 1.00 bits per heavy atom. The van der Waals surface area contributed by atoms with Crippen molar-refractivity contribution in [1.29, 1.82) is 0 Å². The van der Waals surface area contributed by atoms with E-state index in [0.29, 0.717) is 17.0 Å². The van der Waals surface area contributed by atoms with Gasteiger partial charge in [0.15, 0.2) is 0 Å². The van der Waals surface area contributed by atoms with Gasteiger partial charge in [-0.05, 0) is 60.7 Å². The van der Waals surface area contributed by atoms with Gasteiger partial charge in [-0.2, -0.15) is 18.2 Å². The number of halogens is 3. The monoisotopic (exact) mass is 490 g/mol. The quantitative estimate of drug-likeness (QED) is 0.301. The normalized spacial score (nSPS) is 13.9. The number of nitrogens with zero attached hydrogens (tertiary/aromatic N) is 1. The van der Waals surface area contributed by atoms with Crippen molar-refractivity contribution in [2.24, 2.45) is 0 Å². The first-order chi connectivity index (χ1) is 17.3. The number of H-pyrrole nitrogens is 1.